The third-order valence-electron chi connectivity index (χ3n) is 2.93. The lowest BCUT2D eigenvalue weighted by molar-refractivity contribution is -0.132. The Labute approximate surface area is 119 Å². The Kier molecular flexibility index (Phi) is 5.52. The summed E-state index contributed by atoms with van der Waals surface area (Å²) in [6.45, 7) is 6.59. The maximum absolute atomic E-state index is 11.8. The molecule has 1 rings (SSSR count). The van der Waals surface area contributed by atoms with Crippen LogP contribution in [0.2, 0.25) is 0 Å². The summed E-state index contributed by atoms with van der Waals surface area (Å²) in [7, 11) is -3.73. The van der Waals surface area contributed by atoms with E-state index in [1.807, 2.05) is 13.8 Å². The van der Waals surface area contributed by atoms with E-state index in [2.05, 4.69) is 0 Å². The predicted octanol–water partition coefficient (Wildman–Crippen LogP) is 0.890. The van der Waals surface area contributed by atoms with Gasteiger partial charge in [0.25, 0.3) is 5.91 Å². The smallest absolute Gasteiger partial charge is 0.260 e. The number of nitrogens with two attached hydrogens (primary N) is 1. The SMILES string of the molecule is CCN(CC)C(=O)COc1ccc(S(N)(=O)=O)c(C)c1. The second-order valence-electron chi connectivity index (χ2n) is 4.33. The fourth-order valence-electron chi connectivity index (χ4n) is 1.84. The molecule has 0 aromatic heterocycles. The molecule has 0 heterocycles. The number of amides is 1. The summed E-state index contributed by atoms with van der Waals surface area (Å²) in [4.78, 5) is 13.5. The predicted molar refractivity (Wildman–Crippen MR) is 76.0 cm³/mol. The van der Waals surface area contributed by atoms with Gasteiger partial charge in [0.15, 0.2) is 6.61 Å². The third kappa shape index (κ3) is 4.21. The Hall–Kier alpha value is -1.60. The molecule has 0 saturated heterocycles. The van der Waals surface area contributed by atoms with Gasteiger partial charge in [-0.3, -0.25) is 4.79 Å². The summed E-state index contributed by atoms with van der Waals surface area (Å²) in [5.74, 6) is 0.332. The third-order valence-corrected chi connectivity index (χ3v) is 4.00. The van der Waals surface area contributed by atoms with Crippen molar-refractivity contribution in [3.63, 3.8) is 0 Å². The molecule has 6 nitrogen and oxygen atoms in total. The molecular formula is C13H20N2O4S. The van der Waals surface area contributed by atoms with E-state index in [0.29, 0.717) is 24.4 Å². The second kappa shape index (κ2) is 6.71. The van der Waals surface area contributed by atoms with Gasteiger partial charge < -0.3 is 9.64 Å². The largest absolute Gasteiger partial charge is 0.484 e. The van der Waals surface area contributed by atoms with Crippen molar-refractivity contribution < 1.29 is 17.9 Å². The molecule has 0 aliphatic carbocycles. The van der Waals surface area contributed by atoms with E-state index in [-0.39, 0.29) is 17.4 Å². The molecule has 1 aromatic carbocycles. The number of carbonyl (C=O) groups is 1. The number of hydrogen-bond donors (Lipinski definition) is 1. The van der Waals surface area contributed by atoms with Gasteiger partial charge >= 0.3 is 0 Å². The first-order valence-corrected chi connectivity index (χ1v) is 7.88. The summed E-state index contributed by atoms with van der Waals surface area (Å²) in [6, 6.07) is 4.42. The number of benzene rings is 1. The number of likely N-dealkylation sites (N-methyl/N-ethyl adjacent to an activating group) is 1. The molecule has 0 aliphatic heterocycles. The number of aryl methyl sites for hydroxylation is 1. The van der Waals surface area contributed by atoms with Crippen LogP contribution in [0.5, 0.6) is 5.75 Å². The summed E-state index contributed by atoms with van der Waals surface area (Å²) < 4.78 is 27.9. The Bertz CT molecular complexity index is 580. The highest BCUT2D eigenvalue weighted by Crippen LogP contribution is 2.20. The van der Waals surface area contributed by atoms with Gasteiger partial charge in [0.2, 0.25) is 10.0 Å². The summed E-state index contributed by atoms with van der Waals surface area (Å²) >= 11 is 0. The van der Waals surface area contributed by atoms with Crippen LogP contribution in [0.1, 0.15) is 19.4 Å². The number of primary sulfonamides is 1. The van der Waals surface area contributed by atoms with Gasteiger partial charge in [-0.1, -0.05) is 0 Å². The first kappa shape index (κ1) is 16.5. The van der Waals surface area contributed by atoms with Crippen molar-refractivity contribution in [2.45, 2.75) is 25.7 Å². The van der Waals surface area contributed by atoms with Crippen molar-refractivity contribution in [1.29, 1.82) is 0 Å². The van der Waals surface area contributed by atoms with Gasteiger partial charge in [0.1, 0.15) is 5.75 Å². The standard InChI is InChI=1S/C13H20N2O4S/c1-4-15(5-2)13(16)9-19-11-6-7-12(10(3)8-11)20(14,17)18/h6-8H,4-5,9H2,1-3H3,(H2,14,17,18). The number of sulfonamides is 1. The summed E-state index contributed by atoms with van der Waals surface area (Å²) in [5, 5.41) is 5.08. The molecule has 20 heavy (non-hydrogen) atoms. The van der Waals surface area contributed by atoms with E-state index in [1.165, 1.54) is 12.1 Å². The van der Waals surface area contributed by atoms with E-state index < -0.39 is 10.0 Å². The molecule has 0 saturated carbocycles. The van der Waals surface area contributed by atoms with E-state index in [0.717, 1.165) is 0 Å². The fourth-order valence-corrected chi connectivity index (χ4v) is 2.61. The van der Waals surface area contributed by atoms with E-state index in [9.17, 15) is 13.2 Å². The van der Waals surface area contributed by atoms with Crippen LogP contribution in [0.25, 0.3) is 0 Å². The van der Waals surface area contributed by atoms with Crippen molar-refractivity contribution in [2.75, 3.05) is 19.7 Å². The lowest BCUT2D eigenvalue weighted by Crippen LogP contribution is -2.34. The molecule has 112 valence electrons. The monoisotopic (exact) mass is 300 g/mol. The number of ether oxygens (including phenoxy) is 1. The fraction of sp³-hybridized carbons (Fsp3) is 0.462. The Morgan fingerprint density at radius 1 is 1.30 bits per heavy atom. The average molecular weight is 300 g/mol. The maximum atomic E-state index is 11.8. The molecule has 0 unspecified atom stereocenters. The summed E-state index contributed by atoms with van der Waals surface area (Å²) in [6.07, 6.45) is 0. The first-order chi connectivity index (χ1) is 9.29. The number of nitrogens with zero attached hydrogens (tertiary/aromatic N) is 1. The molecule has 0 spiro atoms. The Morgan fingerprint density at radius 2 is 1.90 bits per heavy atom. The molecule has 0 fully saturated rings. The van der Waals surface area contributed by atoms with Gasteiger partial charge in [0, 0.05) is 13.1 Å². The van der Waals surface area contributed by atoms with Gasteiger partial charge in [-0.2, -0.15) is 0 Å². The van der Waals surface area contributed by atoms with Gasteiger partial charge in [-0.25, -0.2) is 13.6 Å². The van der Waals surface area contributed by atoms with Crippen LogP contribution in [-0.2, 0) is 14.8 Å². The molecule has 1 amide bonds. The van der Waals surface area contributed by atoms with Gasteiger partial charge in [-0.15, -0.1) is 0 Å². The maximum Gasteiger partial charge on any atom is 0.260 e. The van der Waals surface area contributed by atoms with E-state index in [1.54, 1.807) is 17.9 Å². The minimum Gasteiger partial charge on any atom is -0.484 e. The Morgan fingerprint density at radius 3 is 2.35 bits per heavy atom. The molecule has 0 aliphatic rings. The molecule has 1 aromatic rings. The minimum atomic E-state index is -3.73. The highest BCUT2D eigenvalue weighted by Gasteiger charge is 2.13. The van der Waals surface area contributed by atoms with Crippen LogP contribution in [0.4, 0.5) is 0 Å². The highest BCUT2D eigenvalue weighted by atomic mass is 32.2. The van der Waals surface area contributed by atoms with Gasteiger partial charge in [0.05, 0.1) is 4.90 Å². The first-order valence-electron chi connectivity index (χ1n) is 6.33. The van der Waals surface area contributed by atoms with Crippen molar-refractivity contribution in [3.8, 4) is 5.75 Å². The lowest BCUT2D eigenvalue weighted by atomic mass is 10.2. The molecule has 0 radical (unpaired) electrons. The Balaban J connectivity index is 2.76. The lowest BCUT2D eigenvalue weighted by Gasteiger charge is -2.18. The average Bonchev–Trinajstić information content (AvgIpc) is 2.36. The van der Waals surface area contributed by atoms with E-state index in [4.69, 9.17) is 9.88 Å². The van der Waals surface area contributed by atoms with Gasteiger partial charge in [-0.05, 0) is 44.5 Å². The number of carbonyl (C=O) groups excluding carboxylic acids is 1. The topological polar surface area (TPSA) is 89.7 Å². The molecular weight excluding hydrogens is 280 g/mol. The zero-order valence-electron chi connectivity index (χ0n) is 11.9. The second-order valence-corrected chi connectivity index (χ2v) is 5.86. The van der Waals surface area contributed by atoms with Crippen LogP contribution in [0, 0.1) is 6.92 Å². The number of hydrogen-bond acceptors (Lipinski definition) is 4. The van der Waals surface area contributed by atoms with Crippen molar-refractivity contribution in [2.24, 2.45) is 5.14 Å². The zero-order chi connectivity index (χ0) is 15.3. The van der Waals surface area contributed by atoms with Crippen LogP contribution >= 0.6 is 0 Å². The van der Waals surface area contributed by atoms with Crippen molar-refractivity contribution >= 4 is 15.9 Å². The van der Waals surface area contributed by atoms with Crippen LogP contribution in [-0.4, -0.2) is 38.9 Å². The van der Waals surface area contributed by atoms with Crippen molar-refractivity contribution in [3.05, 3.63) is 23.8 Å². The van der Waals surface area contributed by atoms with Crippen LogP contribution in [0.3, 0.4) is 0 Å². The molecule has 0 atom stereocenters. The summed E-state index contributed by atoms with van der Waals surface area (Å²) in [5.41, 5.74) is 0.486. The quantitative estimate of drug-likeness (QED) is 0.845. The molecule has 2 N–H and O–H groups in total. The molecule has 0 bridgehead atoms. The zero-order valence-corrected chi connectivity index (χ0v) is 12.7. The molecule has 7 heteroatoms. The minimum absolute atomic E-state index is 0.0555. The van der Waals surface area contributed by atoms with E-state index >= 15 is 0 Å². The van der Waals surface area contributed by atoms with Crippen LogP contribution in [0.15, 0.2) is 23.1 Å². The highest BCUT2D eigenvalue weighted by molar-refractivity contribution is 7.89. The number of rotatable bonds is 6. The van der Waals surface area contributed by atoms with Crippen LogP contribution < -0.4 is 9.88 Å². The normalized spacial score (nSPS) is 11.2. The van der Waals surface area contributed by atoms with Crippen molar-refractivity contribution in [1.82, 2.24) is 4.90 Å².